The van der Waals surface area contributed by atoms with Gasteiger partial charge in [-0.15, -0.1) is 11.6 Å². The lowest BCUT2D eigenvalue weighted by Gasteiger charge is -2.13. The molecule has 84 valence electrons. The molecular formula is C9H17ClO2S2. The van der Waals surface area contributed by atoms with Crippen molar-refractivity contribution < 1.29 is 8.42 Å². The molecule has 0 saturated carbocycles. The van der Waals surface area contributed by atoms with Gasteiger partial charge in [-0.25, -0.2) is 8.42 Å². The zero-order valence-corrected chi connectivity index (χ0v) is 11.0. The highest BCUT2D eigenvalue weighted by molar-refractivity contribution is 7.99. The van der Waals surface area contributed by atoms with Crippen LogP contribution in [-0.4, -0.2) is 36.3 Å². The molecule has 2 unspecified atom stereocenters. The van der Waals surface area contributed by atoms with Gasteiger partial charge in [-0.2, -0.15) is 11.8 Å². The molecule has 1 aliphatic heterocycles. The first-order valence-electron chi connectivity index (χ1n) is 4.87. The van der Waals surface area contributed by atoms with E-state index >= 15 is 0 Å². The number of halogens is 1. The van der Waals surface area contributed by atoms with Crippen LogP contribution in [0.25, 0.3) is 0 Å². The monoisotopic (exact) mass is 256 g/mol. The first kappa shape index (κ1) is 12.7. The number of hydrogen-bond acceptors (Lipinski definition) is 3. The summed E-state index contributed by atoms with van der Waals surface area (Å²) in [6.45, 7) is 3.47. The Morgan fingerprint density at radius 1 is 1.43 bits per heavy atom. The molecule has 0 aromatic heterocycles. The summed E-state index contributed by atoms with van der Waals surface area (Å²) in [4.78, 5) is 0. The predicted octanol–water partition coefficient (Wildman–Crippen LogP) is 2.17. The summed E-state index contributed by atoms with van der Waals surface area (Å²) in [6, 6.07) is 0. The first-order valence-corrected chi connectivity index (χ1v) is 8.17. The van der Waals surface area contributed by atoms with Gasteiger partial charge < -0.3 is 0 Å². The molecule has 2 atom stereocenters. The molecule has 1 rings (SSSR count). The van der Waals surface area contributed by atoms with E-state index in [1.54, 1.807) is 13.8 Å². The normalized spacial score (nSPS) is 28.6. The Hall–Kier alpha value is 0.590. The minimum atomic E-state index is -2.88. The van der Waals surface area contributed by atoms with Crippen LogP contribution in [0.5, 0.6) is 0 Å². The molecule has 0 aromatic rings. The second-order valence-electron chi connectivity index (χ2n) is 4.02. The minimum Gasteiger partial charge on any atom is -0.229 e. The molecule has 14 heavy (non-hydrogen) atoms. The van der Waals surface area contributed by atoms with E-state index in [2.05, 4.69) is 0 Å². The fraction of sp³-hybridized carbons (Fsp3) is 1.00. The van der Waals surface area contributed by atoms with Gasteiger partial charge in [0.1, 0.15) is 0 Å². The molecule has 1 fully saturated rings. The summed E-state index contributed by atoms with van der Waals surface area (Å²) in [6.07, 6.45) is 0.724. The summed E-state index contributed by atoms with van der Waals surface area (Å²) in [5.74, 6) is 2.66. The van der Waals surface area contributed by atoms with E-state index in [0.29, 0.717) is 11.7 Å². The number of thioether (sulfide) groups is 1. The molecular weight excluding hydrogens is 240 g/mol. The van der Waals surface area contributed by atoms with Gasteiger partial charge in [0.15, 0.2) is 9.84 Å². The SMILES string of the molecule is CC(C)S(=O)(=O)CCC1CSCC1Cl. The third kappa shape index (κ3) is 3.31. The van der Waals surface area contributed by atoms with Gasteiger partial charge in [0.25, 0.3) is 0 Å². The quantitative estimate of drug-likeness (QED) is 0.723. The van der Waals surface area contributed by atoms with Gasteiger partial charge in [-0.1, -0.05) is 0 Å². The highest BCUT2D eigenvalue weighted by atomic mass is 35.5. The Morgan fingerprint density at radius 3 is 2.50 bits per heavy atom. The van der Waals surface area contributed by atoms with Crippen LogP contribution in [0, 0.1) is 5.92 Å². The topological polar surface area (TPSA) is 34.1 Å². The van der Waals surface area contributed by atoms with Crippen LogP contribution in [0.2, 0.25) is 0 Å². The molecule has 5 heteroatoms. The maximum Gasteiger partial charge on any atom is 0.152 e. The van der Waals surface area contributed by atoms with Gasteiger partial charge in [0, 0.05) is 11.1 Å². The van der Waals surface area contributed by atoms with Crippen LogP contribution < -0.4 is 0 Å². The molecule has 0 amide bonds. The number of alkyl halides is 1. The zero-order chi connectivity index (χ0) is 10.8. The maximum atomic E-state index is 11.5. The predicted molar refractivity (Wildman–Crippen MR) is 64.0 cm³/mol. The molecule has 0 bridgehead atoms. The number of rotatable bonds is 4. The van der Waals surface area contributed by atoms with Crippen LogP contribution in [0.1, 0.15) is 20.3 Å². The van der Waals surface area contributed by atoms with E-state index in [-0.39, 0.29) is 10.6 Å². The Balaban J connectivity index is 2.40. The van der Waals surface area contributed by atoms with E-state index in [1.165, 1.54) is 0 Å². The van der Waals surface area contributed by atoms with Gasteiger partial charge in [-0.3, -0.25) is 0 Å². The van der Waals surface area contributed by atoms with Crippen molar-refractivity contribution in [2.24, 2.45) is 5.92 Å². The van der Waals surface area contributed by atoms with Crippen LogP contribution in [-0.2, 0) is 9.84 Å². The minimum absolute atomic E-state index is 0.169. The third-order valence-electron chi connectivity index (χ3n) is 2.61. The second kappa shape index (κ2) is 5.08. The first-order chi connectivity index (χ1) is 6.43. The number of hydrogen-bond donors (Lipinski definition) is 0. The Morgan fingerprint density at radius 2 is 2.07 bits per heavy atom. The van der Waals surface area contributed by atoms with Gasteiger partial charge in [0.05, 0.1) is 11.0 Å². The lowest BCUT2D eigenvalue weighted by atomic mass is 10.1. The molecule has 0 aliphatic carbocycles. The number of sulfone groups is 1. The average molecular weight is 257 g/mol. The molecule has 1 saturated heterocycles. The summed E-state index contributed by atoms with van der Waals surface area (Å²) in [7, 11) is -2.88. The molecule has 0 N–H and O–H groups in total. The highest BCUT2D eigenvalue weighted by Gasteiger charge is 2.28. The summed E-state index contributed by atoms with van der Waals surface area (Å²) < 4.78 is 23.1. The molecule has 0 spiro atoms. The zero-order valence-electron chi connectivity index (χ0n) is 8.57. The fourth-order valence-corrected chi connectivity index (χ4v) is 4.41. The summed E-state index contributed by atoms with van der Waals surface area (Å²) in [5.41, 5.74) is 0. The third-order valence-corrected chi connectivity index (χ3v) is 6.81. The van der Waals surface area contributed by atoms with Crippen molar-refractivity contribution in [3.8, 4) is 0 Å². The second-order valence-corrected chi connectivity index (χ2v) is 8.33. The Bertz CT molecular complexity index is 275. The Labute approximate surface area is 95.7 Å². The molecule has 0 radical (unpaired) electrons. The Kier molecular flexibility index (Phi) is 4.59. The van der Waals surface area contributed by atoms with Gasteiger partial charge in [-0.05, 0) is 31.9 Å². The van der Waals surface area contributed by atoms with E-state index in [9.17, 15) is 8.42 Å². The van der Waals surface area contributed by atoms with Crippen molar-refractivity contribution in [2.75, 3.05) is 17.3 Å². The van der Waals surface area contributed by atoms with Crippen molar-refractivity contribution in [2.45, 2.75) is 30.9 Å². The van der Waals surface area contributed by atoms with Crippen LogP contribution in [0.3, 0.4) is 0 Å². The fourth-order valence-electron chi connectivity index (χ4n) is 1.39. The van der Waals surface area contributed by atoms with Crippen LogP contribution >= 0.6 is 23.4 Å². The lowest BCUT2D eigenvalue weighted by Crippen LogP contribution is -2.22. The average Bonchev–Trinajstić information content (AvgIpc) is 2.47. The molecule has 2 nitrogen and oxygen atoms in total. The van der Waals surface area contributed by atoms with Gasteiger partial charge in [0.2, 0.25) is 0 Å². The van der Waals surface area contributed by atoms with Crippen LogP contribution in [0.4, 0.5) is 0 Å². The molecule has 1 aliphatic rings. The summed E-state index contributed by atoms with van der Waals surface area (Å²) >= 11 is 7.89. The standard InChI is InChI=1S/C9H17ClO2S2/c1-7(2)14(11,12)4-3-8-5-13-6-9(8)10/h7-9H,3-6H2,1-2H3. The highest BCUT2D eigenvalue weighted by Crippen LogP contribution is 2.31. The van der Waals surface area contributed by atoms with Crippen molar-refractivity contribution in [3.63, 3.8) is 0 Å². The van der Waals surface area contributed by atoms with Crippen molar-refractivity contribution in [1.29, 1.82) is 0 Å². The van der Waals surface area contributed by atoms with E-state index in [1.807, 2.05) is 11.8 Å². The largest absolute Gasteiger partial charge is 0.229 e. The molecule has 1 heterocycles. The van der Waals surface area contributed by atoms with Crippen molar-refractivity contribution in [3.05, 3.63) is 0 Å². The molecule has 0 aromatic carbocycles. The van der Waals surface area contributed by atoms with E-state index < -0.39 is 9.84 Å². The van der Waals surface area contributed by atoms with Crippen LogP contribution in [0.15, 0.2) is 0 Å². The van der Waals surface area contributed by atoms with Crippen molar-refractivity contribution >= 4 is 33.2 Å². The van der Waals surface area contributed by atoms with E-state index in [0.717, 1.165) is 17.9 Å². The maximum absolute atomic E-state index is 11.5. The van der Waals surface area contributed by atoms with Gasteiger partial charge >= 0.3 is 0 Å². The summed E-state index contributed by atoms with van der Waals surface area (Å²) in [5, 5.41) is -0.0901. The smallest absolute Gasteiger partial charge is 0.152 e. The lowest BCUT2D eigenvalue weighted by molar-refractivity contribution is 0.554. The van der Waals surface area contributed by atoms with E-state index in [4.69, 9.17) is 11.6 Å². The van der Waals surface area contributed by atoms with Crippen molar-refractivity contribution in [1.82, 2.24) is 0 Å².